The van der Waals surface area contributed by atoms with Crippen molar-refractivity contribution in [1.29, 1.82) is 5.26 Å². The van der Waals surface area contributed by atoms with E-state index in [0.29, 0.717) is 11.6 Å². The van der Waals surface area contributed by atoms with Crippen molar-refractivity contribution in [2.45, 2.75) is 0 Å². The van der Waals surface area contributed by atoms with Gasteiger partial charge in [0.15, 0.2) is 6.19 Å². The zero-order chi connectivity index (χ0) is 10.4. The fourth-order valence-electron chi connectivity index (χ4n) is 0.784. The highest BCUT2D eigenvalue weighted by atomic mass is 16.5. The number of ether oxygens (including phenoxy) is 1. The van der Waals surface area contributed by atoms with Crippen molar-refractivity contribution in [3.05, 3.63) is 18.3 Å². The molecule has 1 rings (SSSR count). The molecule has 0 aliphatic carbocycles. The van der Waals surface area contributed by atoms with Crippen molar-refractivity contribution < 1.29 is 4.74 Å². The number of methoxy groups -OCH3 is 1. The molecule has 72 valence electrons. The second-order valence-electron chi connectivity index (χ2n) is 2.29. The van der Waals surface area contributed by atoms with Crippen LogP contribution in [0, 0.1) is 11.5 Å². The maximum atomic E-state index is 8.24. The molecule has 0 radical (unpaired) electrons. The average molecular weight is 191 g/mol. The number of hydrogen-bond acceptors (Lipinski definition) is 4. The van der Waals surface area contributed by atoms with Gasteiger partial charge >= 0.3 is 0 Å². The summed E-state index contributed by atoms with van der Waals surface area (Å²) in [6.07, 6.45) is 3.15. The number of aliphatic imine (C=N–C) groups is 1. The van der Waals surface area contributed by atoms with E-state index in [-0.39, 0.29) is 5.96 Å². The van der Waals surface area contributed by atoms with Crippen LogP contribution >= 0.6 is 0 Å². The first-order valence-corrected chi connectivity index (χ1v) is 3.75. The Morgan fingerprint density at radius 1 is 1.71 bits per heavy atom. The van der Waals surface area contributed by atoms with E-state index < -0.39 is 0 Å². The standard InChI is InChI=1S/C8H9N5O/c1-14-7-3-2-6(4-11-7)13-8(10)12-5-9/h2-4H,1H3,(H3,10,12,13). The lowest BCUT2D eigenvalue weighted by Gasteiger charge is -1.98. The first-order valence-electron chi connectivity index (χ1n) is 3.75. The summed E-state index contributed by atoms with van der Waals surface area (Å²) in [6.45, 7) is 0. The number of aromatic nitrogens is 1. The molecular formula is C8H9N5O. The average Bonchev–Trinajstić information content (AvgIpc) is 2.19. The maximum absolute atomic E-state index is 8.24. The van der Waals surface area contributed by atoms with Gasteiger partial charge in [-0.1, -0.05) is 0 Å². The summed E-state index contributed by atoms with van der Waals surface area (Å²) in [6, 6.07) is 3.33. The minimum atomic E-state index is 0.0273. The Kier molecular flexibility index (Phi) is 3.27. The SMILES string of the molecule is COc1ccc(N=C(N)NC#N)cn1. The molecule has 1 aromatic heterocycles. The third-order valence-corrected chi connectivity index (χ3v) is 1.36. The number of nitrogens with one attached hydrogen (secondary N) is 1. The summed E-state index contributed by atoms with van der Waals surface area (Å²) < 4.78 is 4.86. The van der Waals surface area contributed by atoms with Crippen LogP contribution in [0.25, 0.3) is 0 Å². The van der Waals surface area contributed by atoms with Crippen LogP contribution in [0.1, 0.15) is 0 Å². The molecule has 0 aromatic carbocycles. The Labute approximate surface area is 81.0 Å². The number of guanidine groups is 1. The summed E-state index contributed by atoms with van der Waals surface area (Å²) in [5.74, 6) is 0.523. The van der Waals surface area contributed by atoms with E-state index >= 15 is 0 Å². The molecule has 6 heteroatoms. The van der Waals surface area contributed by atoms with Gasteiger partial charge in [-0.15, -0.1) is 0 Å². The van der Waals surface area contributed by atoms with Crippen LogP contribution in [0.2, 0.25) is 0 Å². The molecule has 14 heavy (non-hydrogen) atoms. The third kappa shape index (κ3) is 2.64. The van der Waals surface area contributed by atoms with E-state index in [1.54, 1.807) is 18.3 Å². The lowest BCUT2D eigenvalue weighted by Crippen LogP contribution is -2.26. The molecule has 3 N–H and O–H groups in total. The number of rotatable bonds is 2. The van der Waals surface area contributed by atoms with Crippen molar-refractivity contribution in [2.75, 3.05) is 7.11 Å². The molecule has 0 amide bonds. The van der Waals surface area contributed by atoms with E-state index in [1.165, 1.54) is 13.3 Å². The molecule has 1 heterocycles. The van der Waals surface area contributed by atoms with Crippen LogP contribution in [-0.2, 0) is 0 Å². The van der Waals surface area contributed by atoms with Crippen molar-refractivity contribution in [3.63, 3.8) is 0 Å². The van der Waals surface area contributed by atoms with Crippen LogP contribution in [0.5, 0.6) is 5.88 Å². The Morgan fingerprint density at radius 2 is 2.50 bits per heavy atom. The van der Waals surface area contributed by atoms with E-state index in [1.807, 2.05) is 0 Å². The highest BCUT2D eigenvalue weighted by molar-refractivity contribution is 5.81. The number of hydrogen-bond donors (Lipinski definition) is 2. The molecule has 0 fully saturated rings. The smallest absolute Gasteiger partial charge is 0.213 e. The second-order valence-corrected chi connectivity index (χ2v) is 2.29. The minimum Gasteiger partial charge on any atom is -0.481 e. The topological polar surface area (TPSA) is 96.3 Å². The van der Waals surface area contributed by atoms with Gasteiger partial charge in [0.05, 0.1) is 19.0 Å². The largest absolute Gasteiger partial charge is 0.481 e. The first-order chi connectivity index (χ1) is 6.76. The van der Waals surface area contributed by atoms with Crippen molar-refractivity contribution in [2.24, 2.45) is 10.7 Å². The molecule has 0 saturated carbocycles. The Balaban J connectivity index is 2.78. The van der Waals surface area contributed by atoms with Gasteiger partial charge in [-0.05, 0) is 6.07 Å². The number of nitrogens with zero attached hydrogens (tertiary/aromatic N) is 3. The van der Waals surface area contributed by atoms with Gasteiger partial charge in [0, 0.05) is 6.07 Å². The minimum absolute atomic E-state index is 0.0273. The van der Waals surface area contributed by atoms with Gasteiger partial charge in [0.1, 0.15) is 0 Å². The summed E-state index contributed by atoms with van der Waals surface area (Å²) in [5.41, 5.74) is 5.89. The molecule has 0 unspecified atom stereocenters. The molecule has 0 bridgehead atoms. The van der Waals surface area contributed by atoms with Crippen molar-refractivity contribution >= 4 is 11.6 Å². The predicted octanol–water partition coefficient (Wildman–Crippen LogP) is 0.107. The second kappa shape index (κ2) is 4.67. The molecule has 0 aliphatic heterocycles. The van der Waals surface area contributed by atoms with Gasteiger partial charge in [-0.25, -0.2) is 9.98 Å². The summed E-state index contributed by atoms with van der Waals surface area (Å²) in [4.78, 5) is 7.78. The van der Waals surface area contributed by atoms with E-state index in [4.69, 9.17) is 15.7 Å². The highest BCUT2D eigenvalue weighted by Crippen LogP contribution is 2.13. The normalized spacial score (nSPS) is 10.4. The monoisotopic (exact) mass is 191 g/mol. The molecule has 0 atom stereocenters. The van der Waals surface area contributed by atoms with Gasteiger partial charge in [0.25, 0.3) is 0 Å². The predicted molar refractivity (Wildman–Crippen MR) is 50.8 cm³/mol. The van der Waals surface area contributed by atoms with Crippen LogP contribution < -0.4 is 15.8 Å². The van der Waals surface area contributed by atoms with Crippen LogP contribution in [0.15, 0.2) is 23.3 Å². The Morgan fingerprint density at radius 3 is 3.00 bits per heavy atom. The van der Waals surface area contributed by atoms with E-state index in [0.717, 1.165) is 0 Å². The molecule has 0 spiro atoms. The summed E-state index contributed by atoms with van der Waals surface area (Å²) in [7, 11) is 1.52. The number of pyridine rings is 1. The van der Waals surface area contributed by atoms with Crippen molar-refractivity contribution in [3.8, 4) is 12.1 Å². The number of nitrogens with two attached hydrogens (primary N) is 1. The molecule has 0 saturated heterocycles. The molecular weight excluding hydrogens is 182 g/mol. The summed E-state index contributed by atoms with van der Waals surface area (Å²) >= 11 is 0. The van der Waals surface area contributed by atoms with Gasteiger partial charge in [0.2, 0.25) is 11.8 Å². The lowest BCUT2D eigenvalue weighted by molar-refractivity contribution is 0.398. The molecule has 6 nitrogen and oxygen atoms in total. The van der Waals surface area contributed by atoms with Gasteiger partial charge < -0.3 is 10.5 Å². The van der Waals surface area contributed by atoms with Gasteiger partial charge in [-0.3, -0.25) is 5.32 Å². The van der Waals surface area contributed by atoms with Crippen LogP contribution in [0.4, 0.5) is 5.69 Å². The highest BCUT2D eigenvalue weighted by Gasteiger charge is 1.94. The van der Waals surface area contributed by atoms with Gasteiger partial charge in [-0.2, -0.15) is 5.26 Å². The summed E-state index contributed by atoms with van der Waals surface area (Å²) in [5, 5.41) is 10.4. The fraction of sp³-hybridized carbons (Fsp3) is 0.125. The van der Waals surface area contributed by atoms with E-state index in [9.17, 15) is 0 Å². The Bertz CT molecular complexity index is 364. The molecule has 0 aliphatic rings. The van der Waals surface area contributed by atoms with Crippen LogP contribution in [0.3, 0.4) is 0 Å². The fourth-order valence-corrected chi connectivity index (χ4v) is 0.784. The van der Waals surface area contributed by atoms with Crippen LogP contribution in [-0.4, -0.2) is 18.1 Å². The Hall–Kier alpha value is -2.29. The third-order valence-electron chi connectivity index (χ3n) is 1.36. The lowest BCUT2D eigenvalue weighted by atomic mass is 10.4. The maximum Gasteiger partial charge on any atom is 0.213 e. The molecule has 1 aromatic rings. The van der Waals surface area contributed by atoms with E-state index in [2.05, 4.69) is 15.3 Å². The zero-order valence-electron chi connectivity index (χ0n) is 7.56. The number of nitriles is 1. The quantitative estimate of drug-likeness (QED) is 0.299. The van der Waals surface area contributed by atoms with Crippen molar-refractivity contribution in [1.82, 2.24) is 10.3 Å². The zero-order valence-corrected chi connectivity index (χ0v) is 7.56. The first kappa shape index (κ1) is 9.80.